The minimum absolute atomic E-state index is 0. The van der Waals surface area contributed by atoms with Gasteiger partial charge in [0.2, 0.25) is 0 Å². The predicted molar refractivity (Wildman–Crippen MR) is 93.5 cm³/mol. The van der Waals surface area contributed by atoms with Gasteiger partial charge in [0.15, 0.2) is 5.69 Å². The van der Waals surface area contributed by atoms with Crippen molar-refractivity contribution in [2.75, 3.05) is 25.5 Å². The molecular weight excluding hydrogens is 330 g/mol. The molecule has 1 aromatic heterocycles. The fourth-order valence-corrected chi connectivity index (χ4v) is 2.74. The van der Waals surface area contributed by atoms with Crippen molar-refractivity contribution < 1.29 is 9.53 Å². The molecule has 3 rings (SSSR count). The Hall–Kier alpha value is -1.96. The molecule has 0 aliphatic carbocycles. The largest absolute Gasteiger partial charge is 0.380 e. The number of ether oxygens (including phenoxy) is 1. The Balaban J connectivity index is 0.00000208. The highest BCUT2D eigenvalue weighted by Crippen LogP contribution is 2.19. The monoisotopic (exact) mass is 351 g/mol. The number of halogens is 1. The minimum atomic E-state index is -0.256. The van der Waals surface area contributed by atoms with Crippen molar-refractivity contribution in [2.24, 2.45) is 0 Å². The second kappa shape index (κ2) is 8.77. The number of nitrogens with zero attached hydrogens (tertiary/aromatic N) is 3. The van der Waals surface area contributed by atoms with Crippen LogP contribution in [-0.2, 0) is 11.3 Å². The summed E-state index contributed by atoms with van der Waals surface area (Å²) in [5.74, 6) is -0.256. The van der Waals surface area contributed by atoms with Crippen molar-refractivity contribution in [3.8, 4) is 0 Å². The van der Waals surface area contributed by atoms with Crippen LogP contribution in [0.4, 0.5) is 5.69 Å². The lowest BCUT2D eigenvalue weighted by atomic mass is 10.1. The molecule has 0 radical (unpaired) electrons. The number of rotatable bonds is 5. The molecule has 24 heavy (non-hydrogen) atoms. The van der Waals surface area contributed by atoms with E-state index >= 15 is 0 Å². The summed E-state index contributed by atoms with van der Waals surface area (Å²) in [7, 11) is 1.63. The molecule has 0 unspecified atom stereocenters. The van der Waals surface area contributed by atoms with Gasteiger partial charge in [-0.3, -0.25) is 4.79 Å². The van der Waals surface area contributed by atoms with Gasteiger partial charge in [0.25, 0.3) is 5.91 Å². The molecule has 2 aromatic rings. The van der Waals surface area contributed by atoms with Gasteiger partial charge < -0.3 is 15.4 Å². The SMILES string of the molecule is COCc1ccccc1NC(=O)c1cn(C2CCNCC2)nn1.Cl. The van der Waals surface area contributed by atoms with Gasteiger partial charge in [0, 0.05) is 18.4 Å². The van der Waals surface area contributed by atoms with E-state index < -0.39 is 0 Å². The van der Waals surface area contributed by atoms with Gasteiger partial charge in [0.05, 0.1) is 18.8 Å². The lowest BCUT2D eigenvalue weighted by Crippen LogP contribution is -2.29. The Kier molecular flexibility index (Phi) is 6.72. The first-order chi connectivity index (χ1) is 11.3. The van der Waals surface area contributed by atoms with Gasteiger partial charge in [-0.05, 0) is 32.0 Å². The van der Waals surface area contributed by atoms with Gasteiger partial charge in [-0.2, -0.15) is 0 Å². The molecule has 0 spiro atoms. The summed E-state index contributed by atoms with van der Waals surface area (Å²) in [6.07, 6.45) is 3.73. The molecule has 2 heterocycles. The highest BCUT2D eigenvalue weighted by atomic mass is 35.5. The Bertz CT molecular complexity index is 670. The van der Waals surface area contributed by atoms with E-state index in [2.05, 4.69) is 20.9 Å². The third-order valence-corrected chi connectivity index (χ3v) is 3.99. The number of methoxy groups -OCH3 is 1. The van der Waals surface area contributed by atoms with Crippen LogP contribution in [0.15, 0.2) is 30.5 Å². The lowest BCUT2D eigenvalue weighted by molar-refractivity contribution is 0.102. The summed E-state index contributed by atoms with van der Waals surface area (Å²) < 4.78 is 6.95. The number of piperidine rings is 1. The zero-order valence-corrected chi connectivity index (χ0v) is 14.4. The average molecular weight is 352 g/mol. The van der Waals surface area contributed by atoms with E-state index in [-0.39, 0.29) is 18.3 Å². The number of carbonyl (C=O) groups is 1. The van der Waals surface area contributed by atoms with Crippen LogP contribution in [0.5, 0.6) is 0 Å². The summed E-state index contributed by atoms with van der Waals surface area (Å²) in [4.78, 5) is 12.4. The Morgan fingerprint density at radius 3 is 2.88 bits per heavy atom. The number of carbonyl (C=O) groups excluding carboxylic acids is 1. The first kappa shape index (κ1) is 18.4. The van der Waals surface area contributed by atoms with Crippen LogP contribution in [0.1, 0.15) is 34.9 Å². The van der Waals surface area contributed by atoms with Gasteiger partial charge >= 0.3 is 0 Å². The molecule has 0 atom stereocenters. The van der Waals surface area contributed by atoms with Crippen molar-refractivity contribution >= 4 is 24.0 Å². The van der Waals surface area contributed by atoms with E-state index in [1.807, 2.05) is 24.3 Å². The van der Waals surface area contributed by atoms with Crippen molar-refractivity contribution in [1.29, 1.82) is 0 Å². The van der Waals surface area contributed by atoms with E-state index in [0.717, 1.165) is 37.2 Å². The second-order valence-corrected chi connectivity index (χ2v) is 5.61. The van der Waals surface area contributed by atoms with Crippen LogP contribution in [0.25, 0.3) is 0 Å². The molecule has 8 heteroatoms. The molecule has 2 N–H and O–H groups in total. The molecule has 1 fully saturated rings. The molecule has 1 aliphatic heterocycles. The zero-order valence-electron chi connectivity index (χ0n) is 13.6. The number of aromatic nitrogens is 3. The molecule has 130 valence electrons. The molecule has 0 saturated carbocycles. The molecule has 1 aliphatic rings. The van der Waals surface area contributed by atoms with E-state index in [0.29, 0.717) is 18.3 Å². The molecule has 1 aromatic carbocycles. The van der Waals surface area contributed by atoms with Crippen LogP contribution in [0.3, 0.4) is 0 Å². The van der Waals surface area contributed by atoms with Gasteiger partial charge in [-0.15, -0.1) is 17.5 Å². The Labute approximate surface area is 147 Å². The maximum absolute atomic E-state index is 12.4. The average Bonchev–Trinajstić information content (AvgIpc) is 3.08. The molecule has 7 nitrogen and oxygen atoms in total. The van der Waals surface area contributed by atoms with E-state index in [1.165, 1.54) is 0 Å². The normalized spacial score (nSPS) is 14.9. The zero-order chi connectivity index (χ0) is 16.1. The van der Waals surface area contributed by atoms with Crippen molar-refractivity contribution in [3.63, 3.8) is 0 Å². The van der Waals surface area contributed by atoms with Crippen molar-refractivity contribution in [3.05, 3.63) is 41.7 Å². The summed E-state index contributed by atoms with van der Waals surface area (Å²) in [6.45, 7) is 2.38. The van der Waals surface area contributed by atoms with E-state index in [9.17, 15) is 4.79 Å². The number of nitrogens with one attached hydrogen (secondary N) is 2. The second-order valence-electron chi connectivity index (χ2n) is 5.61. The fraction of sp³-hybridized carbons (Fsp3) is 0.438. The third kappa shape index (κ3) is 4.31. The quantitative estimate of drug-likeness (QED) is 0.861. The molecule has 1 amide bonds. The maximum Gasteiger partial charge on any atom is 0.277 e. The van der Waals surface area contributed by atoms with Gasteiger partial charge in [-0.25, -0.2) is 4.68 Å². The number of para-hydroxylation sites is 1. The number of hydrogen-bond donors (Lipinski definition) is 2. The lowest BCUT2D eigenvalue weighted by Gasteiger charge is -2.22. The van der Waals surface area contributed by atoms with E-state index in [4.69, 9.17) is 4.74 Å². The summed E-state index contributed by atoms with van der Waals surface area (Å²) >= 11 is 0. The maximum atomic E-state index is 12.4. The van der Waals surface area contributed by atoms with Crippen LogP contribution >= 0.6 is 12.4 Å². The number of amides is 1. The Morgan fingerprint density at radius 1 is 1.38 bits per heavy atom. The fourth-order valence-electron chi connectivity index (χ4n) is 2.74. The van der Waals surface area contributed by atoms with Gasteiger partial charge in [0.1, 0.15) is 0 Å². The van der Waals surface area contributed by atoms with Gasteiger partial charge in [-0.1, -0.05) is 23.4 Å². The van der Waals surface area contributed by atoms with Crippen LogP contribution in [0, 0.1) is 0 Å². The summed E-state index contributed by atoms with van der Waals surface area (Å²) in [5.41, 5.74) is 1.99. The highest BCUT2D eigenvalue weighted by molar-refractivity contribution is 6.03. The van der Waals surface area contributed by atoms with Crippen LogP contribution < -0.4 is 10.6 Å². The minimum Gasteiger partial charge on any atom is -0.380 e. The van der Waals surface area contributed by atoms with Crippen LogP contribution in [-0.4, -0.2) is 41.1 Å². The number of benzene rings is 1. The topological polar surface area (TPSA) is 81.1 Å². The first-order valence-electron chi connectivity index (χ1n) is 7.78. The summed E-state index contributed by atoms with van der Waals surface area (Å²) in [5, 5.41) is 14.3. The van der Waals surface area contributed by atoms with Crippen molar-refractivity contribution in [1.82, 2.24) is 20.3 Å². The highest BCUT2D eigenvalue weighted by Gasteiger charge is 2.19. The third-order valence-electron chi connectivity index (χ3n) is 3.99. The smallest absolute Gasteiger partial charge is 0.277 e. The number of anilines is 1. The first-order valence-corrected chi connectivity index (χ1v) is 7.78. The molecule has 1 saturated heterocycles. The van der Waals surface area contributed by atoms with Crippen molar-refractivity contribution in [2.45, 2.75) is 25.5 Å². The number of hydrogen-bond acceptors (Lipinski definition) is 5. The Morgan fingerprint density at radius 2 is 2.12 bits per heavy atom. The van der Waals surface area contributed by atoms with Crippen LogP contribution in [0.2, 0.25) is 0 Å². The molecule has 0 bridgehead atoms. The van der Waals surface area contributed by atoms with E-state index in [1.54, 1.807) is 18.0 Å². The predicted octanol–water partition coefficient (Wildman–Crippen LogP) is 2.02. The summed E-state index contributed by atoms with van der Waals surface area (Å²) in [6, 6.07) is 7.87. The standard InChI is InChI=1S/C16H21N5O2.ClH/c1-23-11-12-4-2-3-5-14(12)18-16(22)15-10-21(20-19-15)13-6-8-17-9-7-13;/h2-5,10,13,17H,6-9,11H2,1H3,(H,18,22);1H. The molecular formula is C16H22ClN5O2.